The van der Waals surface area contributed by atoms with Crippen molar-refractivity contribution in [2.45, 2.75) is 6.54 Å². The Hall–Kier alpha value is -2.34. The van der Waals surface area contributed by atoms with Gasteiger partial charge in [0.15, 0.2) is 0 Å². The maximum atomic E-state index is 5.67. The predicted octanol–water partition coefficient (Wildman–Crippen LogP) is 0.844. The smallest absolute Gasteiger partial charge is 0.128 e. The molecule has 21 heavy (non-hydrogen) atoms. The Bertz CT molecular complexity index is 572. The van der Waals surface area contributed by atoms with E-state index in [1.54, 1.807) is 6.20 Å². The van der Waals surface area contributed by atoms with E-state index in [1.807, 2.05) is 30.5 Å². The third-order valence-corrected chi connectivity index (χ3v) is 3.74. The highest BCUT2D eigenvalue weighted by Gasteiger charge is 2.18. The van der Waals surface area contributed by atoms with Crippen molar-refractivity contribution in [2.75, 3.05) is 41.7 Å². The van der Waals surface area contributed by atoms with Gasteiger partial charge in [-0.25, -0.2) is 9.97 Å². The molecule has 0 atom stereocenters. The first-order valence-corrected chi connectivity index (χ1v) is 7.12. The van der Waals surface area contributed by atoms with E-state index >= 15 is 0 Å². The molecule has 6 nitrogen and oxygen atoms in total. The molecule has 0 aliphatic carbocycles. The van der Waals surface area contributed by atoms with Crippen LogP contribution in [0.1, 0.15) is 5.56 Å². The molecular weight excluding hydrogens is 264 g/mol. The van der Waals surface area contributed by atoms with Gasteiger partial charge in [-0.15, -0.1) is 0 Å². The molecule has 3 heterocycles. The van der Waals surface area contributed by atoms with Crippen LogP contribution in [0.3, 0.4) is 0 Å². The van der Waals surface area contributed by atoms with Crippen molar-refractivity contribution in [1.82, 2.24) is 9.97 Å². The minimum absolute atomic E-state index is 0.532. The van der Waals surface area contributed by atoms with Crippen molar-refractivity contribution < 1.29 is 0 Å². The summed E-state index contributed by atoms with van der Waals surface area (Å²) in [6, 6.07) is 7.94. The molecule has 1 aliphatic heterocycles. The number of nitrogen functional groups attached to an aromatic ring is 1. The van der Waals surface area contributed by atoms with Crippen LogP contribution in [0.4, 0.5) is 17.3 Å². The zero-order chi connectivity index (χ0) is 14.7. The van der Waals surface area contributed by atoms with Crippen LogP contribution in [-0.4, -0.2) is 36.1 Å². The fourth-order valence-corrected chi connectivity index (χ4v) is 2.47. The van der Waals surface area contributed by atoms with Gasteiger partial charge in [-0.2, -0.15) is 0 Å². The van der Waals surface area contributed by atoms with Gasteiger partial charge >= 0.3 is 0 Å². The molecule has 2 aromatic heterocycles. The number of pyridine rings is 2. The first-order valence-electron chi connectivity index (χ1n) is 7.12. The molecule has 2 aromatic rings. The number of nitrogens with zero attached hydrogens (tertiary/aromatic N) is 4. The van der Waals surface area contributed by atoms with E-state index in [9.17, 15) is 0 Å². The van der Waals surface area contributed by atoms with Gasteiger partial charge in [0, 0.05) is 38.9 Å². The second-order valence-corrected chi connectivity index (χ2v) is 5.15. The minimum atomic E-state index is 0.532. The molecule has 0 saturated carbocycles. The molecule has 1 aliphatic rings. The lowest BCUT2D eigenvalue weighted by atomic mass is 10.2. The average molecular weight is 284 g/mol. The lowest BCUT2D eigenvalue weighted by molar-refractivity contribution is 0.641. The summed E-state index contributed by atoms with van der Waals surface area (Å²) in [4.78, 5) is 13.4. The van der Waals surface area contributed by atoms with Gasteiger partial charge in [0.25, 0.3) is 0 Å². The Kier molecular flexibility index (Phi) is 3.87. The zero-order valence-corrected chi connectivity index (χ0v) is 11.9. The second-order valence-electron chi connectivity index (χ2n) is 5.15. The van der Waals surface area contributed by atoms with Crippen molar-refractivity contribution in [1.29, 1.82) is 0 Å². The summed E-state index contributed by atoms with van der Waals surface area (Å²) in [7, 11) is 0. The highest BCUT2D eigenvalue weighted by atomic mass is 15.3. The van der Waals surface area contributed by atoms with Crippen molar-refractivity contribution in [3.05, 3.63) is 42.2 Å². The monoisotopic (exact) mass is 284 g/mol. The molecule has 4 N–H and O–H groups in total. The number of aromatic nitrogens is 2. The molecule has 0 aromatic carbocycles. The van der Waals surface area contributed by atoms with E-state index < -0.39 is 0 Å². The van der Waals surface area contributed by atoms with Gasteiger partial charge in [0.1, 0.15) is 11.6 Å². The molecular formula is C15H20N6. The average Bonchev–Trinajstić information content (AvgIpc) is 2.56. The highest BCUT2D eigenvalue weighted by Crippen LogP contribution is 2.18. The molecule has 0 spiro atoms. The highest BCUT2D eigenvalue weighted by molar-refractivity contribution is 5.48. The first-order chi connectivity index (χ1) is 10.3. The Morgan fingerprint density at radius 2 is 1.43 bits per heavy atom. The van der Waals surface area contributed by atoms with Crippen LogP contribution >= 0.6 is 0 Å². The minimum Gasteiger partial charge on any atom is -0.397 e. The standard InChI is InChI=1S/C15H20N6/c16-9-12-1-3-14(18-10-12)20-5-7-21(8-6-20)15-4-2-13(17)11-19-15/h1-4,10-11H,5-9,16-17H2. The van der Waals surface area contributed by atoms with Crippen molar-refractivity contribution in [2.24, 2.45) is 5.73 Å². The third-order valence-electron chi connectivity index (χ3n) is 3.74. The Balaban J connectivity index is 1.62. The van der Waals surface area contributed by atoms with E-state index in [1.165, 1.54) is 0 Å². The number of piperazine rings is 1. The van der Waals surface area contributed by atoms with Crippen LogP contribution in [0.2, 0.25) is 0 Å². The van der Waals surface area contributed by atoms with E-state index in [0.29, 0.717) is 12.2 Å². The predicted molar refractivity (Wildman–Crippen MR) is 85.2 cm³/mol. The van der Waals surface area contributed by atoms with E-state index in [0.717, 1.165) is 43.4 Å². The van der Waals surface area contributed by atoms with Crippen molar-refractivity contribution >= 4 is 17.3 Å². The molecule has 1 fully saturated rings. The summed E-state index contributed by atoms with van der Waals surface area (Å²) in [5, 5.41) is 0. The van der Waals surface area contributed by atoms with Gasteiger partial charge in [0.2, 0.25) is 0 Å². The number of anilines is 3. The number of rotatable bonds is 3. The molecule has 3 rings (SSSR count). The van der Waals surface area contributed by atoms with Gasteiger partial charge in [-0.3, -0.25) is 0 Å². The van der Waals surface area contributed by atoms with E-state index in [2.05, 4.69) is 19.8 Å². The first kappa shape index (κ1) is 13.6. The molecule has 0 bridgehead atoms. The second kappa shape index (κ2) is 5.97. The van der Waals surface area contributed by atoms with Crippen LogP contribution in [0, 0.1) is 0 Å². The largest absolute Gasteiger partial charge is 0.397 e. The maximum absolute atomic E-state index is 5.67. The molecule has 1 saturated heterocycles. The summed E-state index contributed by atoms with van der Waals surface area (Å²) >= 11 is 0. The normalized spacial score (nSPS) is 15.3. The van der Waals surface area contributed by atoms with Gasteiger partial charge < -0.3 is 21.3 Å². The van der Waals surface area contributed by atoms with Gasteiger partial charge in [-0.05, 0) is 23.8 Å². The molecule has 6 heteroatoms. The van der Waals surface area contributed by atoms with Gasteiger partial charge in [-0.1, -0.05) is 6.07 Å². The van der Waals surface area contributed by atoms with Crippen molar-refractivity contribution in [3.63, 3.8) is 0 Å². The zero-order valence-electron chi connectivity index (χ0n) is 11.9. The fraction of sp³-hybridized carbons (Fsp3) is 0.333. The van der Waals surface area contributed by atoms with Gasteiger partial charge in [0.05, 0.1) is 11.9 Å². The van der Waals surface area contributed by atoms with Crippen LogP contribution in [0.5, 0.6) is 0 Å². The number of hydrogen-bond acceptors (Lipinski definition) is 6. The third kappa shape index (κ3) is 3.05. The number of hydrogen-bond donors (Lipinski definition) is 2. The Labute approximate surface area is 124 Å². The summed E-state index contributed by atoms with van der Waals surface area (Å²) in [5.74, 6) is 1.99. The Morgan fingerprint density at radius 1 is 0.857 bits per heavy atom. The quantitative estimate of drug-likeness (QED) is 0.869. The van der Waals surface area contributed by atoms with Crippen molar-refractivity contribution in [3.8, 4) is 0 Å². The van der Waals surface area contributed by atoms with Crippen LogP contribution in [0.25, 0.3) is 0 Å². The lowest BCUT2D eigenvalue weighted by Crippen LogP contribution is -2.47. The molecule has 110 valence electrons. The molecule has 0 unspecified atom stereocenters. The number of nitrogens with two attached hydrogens (primary N) is 2. The van der Waals surface area contributed by atoms with E-state index in [-0.39, 0.29) is 0 Å². The van der Waals surface area contributed by atoms with Crippen LogP contribution in [0.15, 0.2) is 36.7 Å². The topological polar surface area (TPSA) is 84.3 Å². The summed E-state index contributed by atoms with van der Waals surface area (Å²) in [6.07, 6.45) is 3.55. The SMILES string of the molecule is NCc1ccc(N2CCN(c3ccc(N)cn3)CC2)nc1. The lowest BCUT2D eigenvalue weighted by Gasteiger charge is -2.36. The van der Waals surface area contributed by atoms with Crippen LogP contribution in [-0.2, 0) is 6.54 Å². The molecule has 0 amide bonds. The molecule has 0 radical (unpaired) electrons. The summed E-state index contributed by atoms with van der Waals surface area (Å²) < 4.78 is 0. The summed E-state index contributed by atoms with van der Waals surface area (Å²) in [6.45, 7) is 4.25. The summed E-state index contributed by atoms with van der Waals surface area (Å²) in [5.41, 5.74) is 13.0. The Morgan fingerprint density at radius 3 is 1.86 bits per heavy atom. The maximum Gasteiger partial charge on any atom is 0.128 e. The van der Waals surface area contributed by atoms with E-state index in [4.69, 9.17) is 11.5 Å². The fourth-order valence-electron chi connectivity index (χ4n) is 2.47. The van der Waals surface area contributed by atoms with Crippen LogP contribution < -0.4 is 21.3 Å².